The number of nitrogens with zero attached hydrogens (tertiary/aromatic N) is 6. The van der Waals surface area contributed by atoms with E-state index < -0.39 is 11.6 Å². The van der Waals surface area contributed by atoms with Crippen molar-refractivity contribution in [1.82, 2.24) is 20.3 Å². The number of benzene rings is 1. The molecule has 38 heavy (non-hydrogen) atoms. The van der Waals surface area contributed by atoms with Gasteiger partial charge in [0.1, 0.15) is 23.0 Å². The van der Waals surface area contributed by atoms with Crippen LogP contribution in [0.5, 0.6) is 0 Å². The van der Waals surface area contributed by atoms with Crippen molar-refractivity contribution in [2.75, 3.05) is 59.3 Å². The number of carbonyl (C=O) groups excluding carboxylic acids is 1. The molecule has 0 spiro atoms. The topological polar surface area (TPSA) is 89.5 Å². The molecule has 0 saturated carbocycles. The number of pyridine rings is 1. The summed E-state index contributed by atoms with van der Waals surface area (Å²) in [4.78, 5) is 30.8. The minimum absolute atomic E-state index is 0.0402. The quantitative estimate of drug-likeness (QED) is 0.521. The number of nitrogens with one attached hydrogen (secondary N) is 2. The predicted molar refractivity (Wildman–Crippen MR) is 145 cm³/mol. The minimum Gasteiger partial charge on any atom is -0.369 e. The second-order valence-corrected chi connectivity index (χ2v) is 9.79. The van der Waals surface area contributed by atoms with Crippen molar-refractivity contribution in [3.8, 4) is 11.3 Å². The fraction of sp³-hybridized carbons (Fsp3) is 0.407. The first kappa shape index (κ1) is 25.8. The molecule has 9 nitrogen and oxygen atoms in total. The van der Waals surface area contributed by atoms with Crippen LogP contribution in [-0.2, 0) is 4.79 Å². The molecule has 0 aliphatic carbocycles. The van der Waals surface area contributed by atoms with Crippen molar-refractivity contribution in [3.63, 3.8) is 0 Å². The number of amides is 1. The van der Waals surface area contributed by atoms with Crippen LogP contribution in [0.4, 0.5) is 37.6 Å². The lowest BCUT2D eigenvalue weighted by Crippen LogP contribution is -2.46. The van der Waals surface area contributed by atoms with Gasteiger partial charge in [-0.3, -0.25) is 4.79 Å². The Morgan fingerprint density at radius 1 is 1.03 bits per heavy atom. The van der Waals surface area contributed by atoms with E-state index in [-0.39, 0.29) is 34.8 Å². The van der Waals surface area contributed by atoms with Gasteiger partial charge >= 0.3 is 0 Å². The van der Waals surface area contributed by atoms with Gasteiger partial charge in [-0.25, -0.2) is 23.7 Å². The Hall–Kier alpha value is -3.86. The van der Waals surface area contributed by atoms with Gasteiger partial charge in [0.2, 0.25) is 11.9 Å². The highest BCUT2D eigenvalue weighted by Crippen LogP contribution is 2.40. The zero-order valence-corrected chi connectivity index (χ0v) is 21.8. The molecule has 2 aromatic heterocycles. The molecule has 0 radical (unpaired) electrons. The average molecular weight is 523 g/mol. The minimum atomic E-state index is -0.677. The van der Waals surface area contributed by atoms with Gasteiger partial charge in [-0.15, -0.1) is 0 Å². The number of hydrogen-bond donors (Lipinski definition) is 2. The summed E-state index contributed by atoms with van der Waals surface area (Å²) in [7, 11) is 0. The van der Waals surface area contributed by atoms with Crippen LogP contribution in [0.1, 0.15) is 27.2 Å². The van der Waals surface area contributed by atoms with Gasteiger partial charge in [0, 0.05) is 51.3 Å². The highest BCUT2D eigenvalue weighted by molar-refractivity contribution is 5.97. The first-order valence-corrected chi connectivity index (χ1v) is 12.9. The van der Waals surface area contributed by atoms with E-state index in [9.17, 15) is 9.18 Å². The molecule has 2 N–H and O–H groups in total. The van der Waals surface area contributed by atoms with E-state index in [1.54, 1.807) is 12.3 Å². The first-order chi connectivity index (χ1) is 18.3. The maximum atomic E-state index is 15.4. The Morgan fingerprint density at radius 3 is 2.61 bits per heavy atom. The van der Waals surface area contributed by atoms with E-state index in [4.69, 9.17) is 0 Å². The molecule has 2 aliphatic rings. The predicted octanol–water partition coefficient (Wildman–Crippen LogP) is 3.94. The highest BCUT2D eigenvalue weighted by Gasteiger charge is 2.30. The average Bonchev–Trinajstić information content (AvgIpc) is 3.19. The summed E-state index contributed by atoms with van der Waals surface area (Å²) < 4.78 is 30.4. The Kier molecular flexibility index (Phi) is 7.37. The number of halogens is 2. The fourth-order valence-electron chi connectivity index (χ4n) is 4.99. The lowest BCUT2D eigenvalue weighted by molar-refractivity contribution is -0.116. The Morgan fingerprint density at radius 2 is 1.87 bits per heavy atom. The van der Waals surface area contributed by atoms with Gasteiger partial charge in [-0.05, 0) is 51.1 Å². The van der Waals surface area contributed by atoms with Crippen molar-refractivity contribution in [3.05, 3.63) is 48.3 Å². The zero-order valence-electron chi connectivity index (χ0n) is 21.8. The number of carbonyl (C=O) groups is 1. The van der Waals surface area contributed by atoms with Gasteiger partial charge in [0.05, 0.1) is 23.8 Å². The number of hydrogen-bond acceptors (Lipinski definition) is 8. The molecule has 4 heterocycles. The van der Waals surface area contributed by atoms with Crippen molar-refractivity contribution >= 4 is 34.7 Å². The van der Waals surface area contributed by atoms with Crippen molar-refractivity contribution in [1.29, 1.82) is 0 Å². The van der Waals surface area contributed by atoms with Crippen LogP contribution in [0.15, 0.2) is 36.7 Å². The molecule has 3 aromatic rings. The van der Waals surface area contributed by atoms with Gasteiger partial charge in [0.15, 0.2) is 5.82 Å². The third kappa shape index (κ3) is 5.24. The van der Waals surface area contributed by atoms with Gasteiger partial charge in [0.25, 0.3) is 0 Å². The van der Waals surface area contributed by atoms with E-state index in [0.717, 1.165) is 44.5 Å². The molecular formula is C27H32F2N8O. The SMILES string of the molecule is CC(=O)N1CCN(C(C)C)c2cc(-c3nc(Nc4ccc(N5CCCNCC5)cn4)ncc3F)cc(F)c21. The molecule has 0 unspecified atom stereocenters. The maximum Gasteiger partial charge on any atom is 0.229 e. The monoisotopic (exact) mass is 522 g/mol. The zero-order chi connectivity index (χ0) is 26.8. The molecule has 1 amide bonds. The highest BCUT2D eigenvalue weighted by atomic mass is 19.1. The third-order valence-corrected chi connectivity index (χ3v) is 6.90. The Balaban J connectivity index is 1.44. The molecule has 11 heteroatoms. The molecule has 1 fully saturated rings. The van der Waals surface area contributed by atoms with E-state index >= 15 is 4.39 Å². The van der Waals surface area contributed by atoms with E-state index in [2.05, 4.69) is 30.5 Å². The summed E-state index contributed by atoms with van der Waals surface area (Å²) in [5.74, 6) is -0.870. The molecule has 0 atom stereocenters. The maximum absolute atomic E-state index is 15.4. The van der Waals surface area contributed by atoms with Crippen molar-refractivity contribution in [2.45, 2.75) is 33.2 Å². The van der Waals surface area contributed by atoms with Crippen LogP contribution in [0.25, 0.3) is 11.3 Å². The number of aromatic nitrogens is 3. The lowest BCUT2D eigenvalue weighted by Gasteiger charge is -2.40. The smallest absolute Gasteiger partial charge is 0.229 e. The lowest BCUT2D eigenvalue weighted by atomic mass is 10.0. The van der Waals surface area contributed by atoms with E-state index in [1.807, 2.05) is 30.9 Å². The van der Waals surface area contributed by atoms with Crippen LogP contribution >= 0.6 is 0 Å². The summed E-state index contributed by atoms with van der Waals surface area (Å²) in [6, 6.07) is 6.77. The fourth-order valence-corrected chi connectivity index (χ4v) is 4.99. The van der Waals surface area contributed by atoms with Gasteiger partial charge in [-0.1, -0.05) is 0 Å². The molecule has 0 bridgehead atoms. The van der Waals surface area contributed by atoms with E-state index in [0.29, 0.717) is 24.6 Å². The van der Waals surface area contributed by atoms with Crippen molar-refractivity contribution in [2.24, 2.45) is 0 Å². The van der Waals surface area contributed by atoms with Crippen LogP contribution in [0.2, 0.25) is 0 Å². The molecule has 1 aromatic carbocycles. The third-order valence-electron chi connectivity index (χ3n) is 6.90. The standard InChI is InChI=1S/C27H32F2N8O/c1-17(2)36-11-12-37(18(3)38)26-21(28)13-19(14-23(26)36)25-22(29)16-32-27(34-25)33-24-6-5-20(15-31-24)35-9-4-7-30-8-10-35/h5-6,13-17,30H,4,7-12H2,1-3H3,(H,31,32,33,34). The normalized spacial score (nSPS) is 15.9. The Labute approximate surface area is 220 Å². The molecule has 5 rings (SSSR count). The largest absolute Gasteiger partial charge is 0.369 e. The summed E-state index contributed by atoms with van der Waals surface area (Å²) in [6.07, 6.45) is 3.91. The second kappa shape index (κ2) is 10.9. The van der Waals surface area contributed by atoms with Crippen LogP contribution in [0, 0.1) is 11.6 Å². The van der Waals surface area contributed by atoms with Crippen LogP contribution in [-0.4, -0.2) is 66.2 Å². The summed E-state index contributed by atoms with van der Waals surface area (Å²) >= 11 is 0. The number of anilines is 5. The number of rotatable bonds is 5. The Bertz CT molecular complexity index is 1310. The molecule has 1 saturated heterocycles. The summed E-state index contributed by atoms with van der Waals surface area (Å²) in [6.45, 7) is 10.1. The van der Waals surface area contributed by atoms with Gasteiger partial charge < -0.3 is 25.3 Å². The summed E-state index contributed by atoms with van der Waals surface area (Å²) in [5, 5.41) is 6.41. The van der Waals surface area contributed by atoms with E-state index in [1.165, 1.54) is 17.9 Å². The van der Waals surface area contributed by atoms with Gasteiger partial charge in [-0.2, -0.15) is 0 Å². The molecule has 200 valence electrons. The molecular weight excluding hydrogens is 490 g/mol. The van der Waals surface area contributed by atoms with Crippen LogP contribution in [0.3, 0.4) is 0 Å². The second-order valence-electron chi connectivity index (χ2n) is 9.79. The summed E-state index contributed by atoms with van der Waals surface area (Å²) in [5.41, 5.74) is 1.99. The number of fused-ring (bicyclic) bond motifs is 1. The first-order valence-electron chi connectivity index (χ1n) is 12.9. The van der Waals surface area contributed by atoms with Crippen molar-refractivity contribution < 1.29 is 13.6 Å². The van der Waals surface area contributed by atoms with Crippen LogP contribution < -0.4 is 25.3 Å². The molecule has 2 aliphatic heterocycles.